The summed E-state index contributed by atoms with van der Waals surface area (Å²) < 4.78 is 1.85. The minimum absolute atomic E-state index is 0.597. The van der Waals surface area contributed by atoms with E-state index in [1.807, 2.05) is 41.2 Å². The molecule has 0 amide bonds. The first-order valence-electron chi connectivity index (χ1n) is 11.9. The summed E-state index contributed by atoms with van der Waals surface area (Å²) in [7, 11) is 2.23. The number of nitrogens with zero attached hydrogens (tertiary/aromatic N) is 5. The van der Waals surface area contributed by atoms with Crippen LogP contribution in [0.5, 0.6) is 0 Å². The number of thiocarbonyl (C=S) groups is 1. The van der Waals surface area contributed by atoms with Crippen LogP contribution in [0.25, 0.3) is 5.69 Å². The fraction of sp³-hybridized carbons (Fsp3) is 0.583. The molecule has 0 spiro atoms. The molecule has 2 aromatic rings. The van der Waals surface area contributed by atoms with E-state index in [1.54, 1.807) is 6.20 Å². The highest BCUT2D eigenvalue weighted by atomic mass is 32.1. The van der Waals surface area contributed by atoms with Crippen molar-refractivity contribution < 1.29 is 0 Å². The molecule has 1 aromatic carbocycles. The largest absolute Gasteiger partial charge is 0.361 e. The fourth-order valence-electron chi connectivity index (χ4n) is 5.54. The standard InChI is InChI=1S/C24H35N7S/c1-28-11-13-29(14-12-28)17-20-18-30-10-7-19(20)15-23(30)16-25-24(32)27-21-3-5-22(6-4-21)31-9-2-8-26-31/h2-6,8-9,19-20,23H,7,10-18H2,1H3,(H2,25,27,32). The van der Waals surface area contributed by atoms with Gasteiger partial charge in [-0.3, -0.25) is 4.90 Å². The molecule has 172 valence electrons. The smallest absolute Gasteiger partial charge is 0.170 e. The maximum atomic E-state index is 5.58. The summed E-state index contributed by atoms with van der Waals surface area (Å²) in [4.78, 5) is 7.84. The second-order valence-corrected chi connectivity index (χ2v) is 10.0. The van der Waals surface area contributed by atoms with Crippen molar-refractivity contribution in [2.24, 2.45) is 11.8 Å². The Bertz CT molecular complexity index is 876. The van der Waals surface area contributed by atoms with Crippen molar-refractivity contribution in [2.75, 3.05) is 64.7 Å². The van der Waals surface area contributed by atoms with Gasteiger partial charge in [0.05, 0.1) is 5.69 Å². The van der Waals surface area contributed by atoms with Crippen LogP contribution in [0.4, 0.5) is 5.69 Å². The number of nitrogens with one attached hydrogen (secondary N) is 2. The lowest BCUT2D eigenvalue weighted by Crippen LogP contribution is -2.59. The Hall–Kier alpha value is -2.00. The molecular weight excluding hydrogens is 418 g/mol. The van der Waals surface area contributed by atoms with Gasteiger partial charge in [0.25, 0.3) is 0 Å². The van der Waals surface area contributed by atoms with Crippen LogP contribution >= 0.6 is 12.2 Å². The Morgan fingerprint density at radius 3 is 2.62 bits per heavy atom. The molecule has 4 unspecified atom stereocenters. The quantitative estimate of drug-likeness (QED) is 0.650. The van der Waals surface area contributed by atoms with Crippen molar-refractivity contribution in [3.63, 3.8) is 0 Å². The van der Waals surface area contributed by atoms with Gasteiger partial charge >= 0.3 is 0 Å². The second-order valence-electron chi connectivity index (χ2n) is 9.63. The average Bonchev–Trinajstić information content (AvgIpc) is 3.35. The van der Waals surface area contributed by atoms with Crippen LogP contribution in [-0.4, -0.2) is 95.0 Å². The van der Waals surface area contributed by atoms with Gasteiger partial charge < -0.3 is 20.4 Å². The first-order valence-corrected chi connectivity index (χ1v) is 12.3. The monoisotopic (exact) mass is 453 g/mol. The Labute approximate surface area is 196 Å². The van der Waals surface area contributed by atoms with Crippen molar-refractivity contribution in [1.29, 1.82) is 0 Å². The molecule has 4 fully saturated rings. The molecule has 6 rings (SSSR count). The summed E-state index contributed by atoms with van der Waals surface area (Å²) in [6.07, 6.45) is 6.39. The third-order valence-corrected chi connectivity index (χ3v) is 7.74. The molecule has 7 nitrogen and oxygen atoms in total. The van der Waals surface area contributed by atoms with E-state index < -0.39 is 0 Å². The molecule has 5 heterocycles. The van der Waals surface area contributed by atoms with Crippen LogP contribution in [-0.2, 0) is 0 Å². The number of piperidine rings is 3. The number of hydrogen-bond donors (Lipinski definition) is 2. The number of rotatable bonds is 6. The van der Waals surface area contributed by atoms with Gasteiger partial charge in [-0.25, -0.2) is 4.68 Å². The molecule has 4 atom stereocenters. The van der Waals surface area contributed by atoms with Crippen LogP contribution in [0.15, 0.2) is 42.7 Å². The minimum atomic E-state index is 0.597. The summed E-state index contributed by atoms with van der Waals surface area (Å²) in [6.45, 7) is 9.58. The highest BCUT2D eigenvalue weighted by molar-refractivity contribution is 7.80. The Morgan fingerprint density at radius 2 is 1.94 bits per heavy atom. The molecule has 0 saturated carbocycles. The number of hydrogen-bond acceptors (Lipinski definition) is 5. The summed E-state index contributed by atoms with van der Waals surface area (Å²) in [5, 5.41) is 11.8. The molecule has 0 radical (unpaired) electrons. The van der Waals surface area contributed by atoms with E-state index in [2.05, 4.69) is 37.5 Å². The molecule has 4 aliphatic rings. The third-order valence-electron chi connectivity index (χ3n) is 7.49. The molecule has 0 aliphatic carbocycles. The van der Waals surface area contributed by atoms with Crippen LogP contribution in [0.3, 0.4) is 0 Å². The predicted octanol–water partition coefficient (Wildman–Crippen LogP) is 2.12. The molecule has 32 heavy (non-hydrogen) atoms. The van der Waals surface area contributed by atoms with Gasteiger partial charge in [-0.05, 0) is 80.8 Å². The number of likely N-dealkylation sites (N-methyl/N-ethyl adjacent to an activating group) is 1. The number of piperazine rings is 1. The Balaban J connectivity index is 1.07. The van der Waals surface area contributed by atoms with Crippen molar-refractivity contribution in [3.8, 4) is 5.69 Å². The summed E-state index contributed by atoms with van der Waals surface area (Å²) in [5.41, 5.74) is 2.03. The summed E-state index contributed by atoms with van der Waals surface area (Å²) in [6, 6.07) is 10.7. The zero-order valence-electron chi connectivity index (χ0n) is 19.0. The van der Waals surface area contributed by atoms with Crippen molar-refractivity contribution >= 4 is 23.0 Å². The maximum absolute atomic E-state index is 5.58. The van der Waals surface area contributed by atoms with E-state index >= 15 is 0 Å². The number of anilines is 1. The lowest BCUT2D eigenvalue weighted by atomic mass is 9.75. The molecule has 1 aromatic heterocycles. The fourth-order valence-corrected chi connectivity index (χ4v) is 5.74. The molecule has 2 bridgehead atoms. The van der Waals surface area contributed by atoms with Gasteiger partial charge in [0, 0.05) is 69.9 Å². The highest BCUT2D eigenvalue weighted by Crippen LogP contribution is 2.36. The Morgan fingerprint density at radius 1 is 1.12 bits per heavy atom. The van der Waals surface area contributed by atoms with E-state index in [9.17, 15) is 0 Å². The first-order chi connectivity index (χ1) is 15.6. The second kappa shape index (κ2) is 9.87. The van der Waals surface area contributed by atoms with Crippen LogP contribution in [0.1, 0.15) is 12.8 Å². The zero-order chi connectivity index (χ0) is 21.9. The number of benzene rings is 1. The van der Waals surface area contributed by atoms with E-state index in [-0.39, 0.29) is 0 Å². The van der Waals surface area contributed by atoms with Crippen molar-refractivity contribution in [3.05, 3.63) is 42.7 Å². The minimum Gasteiger partial charge on any atom is -0.361 e. The lowest BCUT2D eigenvalue weighted by molar-refractivity contribution is -0.0151. The number of aromatic nitrogens is 2. The van der Waals surface area contributed by atoms with Crippen molar-refractivity contribution in [2.45, 2.75) is 18.9 Å². The average molecular weight is 454 g/mol. The van der Waals surface area contributed by atoms with Gasteiger partial charge in [0.2, 0.25) is 0 Å². The molecular formula is C24H35N7S. The lowest BCUT2D eigenvalue weighted by Gasteiger charge is -2.51. The van der Waals surface area contributed by atoms with Crippen LogP contribution in [0, 0.1) is 11.8 Å². The normalized spacial score (nSPS) is 28.5. The third kappa shape index (κ3) is 5.14. The zero-order valence-corrected chi connectivity index (χ0v) is 19.8. The maximum Gasteiger partial charge on any atom is 0.170 e. The van der Waals surface area contributed by atoms with E-state index in [0.717, 1.165) is 29.8 Å². The van der Waals surface area contributed by atoms with Crippen LogP contribution < -0.4 is 10.6 Å². The highest BCUT2D eigenvalue weighted by Gasteiger charge is 2.40. The van der Waals surface area contributed by atoms with Gasteiger partial charge in [-0.15, -0.1) is 0 Å². The van der Waals surface area contributed by atoms with E-state index in [0.29, 0.717) is 11.2 Å². The predicted molar refractivity (Wildman–Crippen MR) is 133 cm³/mol. The van der Waals surface area contributed by atoms with E-state index in [1.165, 1.54) is 58.7 Å². The van der Waals surface area contributed by atoms with Gasteiger partial charge in [-0.1, -0.05) is 0 Å². The molecule has 2 N–H and O–H groups in total. The Kier molecular flexibility index (Phi) is 6.73. The SMILES string of the molecule is CN1CCN(CC2CN3CCC2CC3CNC(=S)Nc2ccc(-n3cccn3)cc2)CC1. The first kappa shape index (κ1) is 21.8. The van der Waals surface area contributed by atoms with Crippen molar-refractivity contribution in [1.82, 2.24) is 29.8 Å². The van der Waals surface area contributed by atoms with Gasteiger partial charge in [0.15, 0.2) is 5.11 Å². The number of fused-ring (bicyclic) bond motifs is 3. The summed E-state index contributed by atoms with van der Waals surface area (Å²) in [5.74, 6) is 1.70. The molecule has 8 heteroatoms. The van der Waals surface area contributed by atoms with E-state index in [4.69, 9.17) is 12.2 Å². The summed E-state index contributed by atoms with van der Waals surface area (Å²) >= 11 is 5.58. The van der Waals surface area contributed by atoms with Gasteiger partial charge in [0.1, 0.15) is 0 Å². The van der Waals surface area contributed by atoms with Gasteiger partial charge in [-0.2, -0.15) is 5.10 Å². The molecule has 4 saturated heterocycles. The van der Waals surface area contributed by atoms with Crippen LogP contribution in [0.2, 0.25) is 0 Å². The topological polar surface area (TPSA) is 51.6 Å². The molecule has 4 aliphatic heterocycles.